The average molecular weight is 335 g/mol. The smallest absolute Gasteiger partial charge is 0.191 e. The molecule has 1 unspecified atom stereocenters. The summed E-state index contributed by atoms with van der Waals surface area (Å²) in [7, 11) is 1.64. The van der Waals surface area contributed by atoms with Gasteiger partial charge in [0.15, 0.2) is 5.78 Å². The fourth-order valence-electron chi connectivity index (χ4n) is 1.39. The van der Waals surface area contributed by atoms with Crippen molar-refractivity contribution in [3.8, 4) is 0 Å². The SMILES string of the molecule is CCC(C)SCC(=O)c1c(Br)cnn1CCOC. The van der Waals surface area contributed by atoms with E-state index in [-0.39, 0.29) is 5.78 Å². The Kier molecular flexibility index (Phi) is 6.96. The molecule has 102 valence electrons. The van der Waals surface area contributed by atoms with Crippen LogP contribution in [0.5, 0.6) is 0 Å². The maximum absolute atomic E-state index is 12.2. The van der Waals surface area contributed by atoms with Crippen molar-refractivity contribution in [3.05, 3.63) is 16.4 Å². The first kappa shape index (κ1) is 15.7. The van der Waals surface area contributed by atoms with Crippen LogP contribution in [0.25, 0.3) is 0 Å². The number of halogens is 1. The van der Waals surface area contributed by atoms with Crippen LogP contribution in [0.15, 0.2) is 10.7 Å². The highest BCUT2D eigenvalue weighted by Gasteiger charge is 2.17. The van der Waals surface area contributed by atoms with Crippen molar-refractivity contribution < 1.29 is 9.53 Å². The van der Waals surface area contributed by atoms with E-state index in [2.05, 4.69) is 34.9 Å². The van der Waals surface area contributed by atoms with E-state index in [1.807, 2.05) is 0 Å². The lowest BCUT2D eigenvalue weighted by Gasteiger charge is -2.09. The fourth-order valence-corrected chi connectivity index (χ4v) is 2.72. The molecule has 0 aliphatic carbocycles. The quantitative estimate of drug-likeness (QED) is 0.685. The number of thioether (sulfide) groups is 1. The first-order valence-electron chi connectivity index (χ1n) is 5.95. The van der Waals surface area contributed by atoms with Crippen molar-refractivity contribution in [2.75, 3.05) is 19.5 Å². The zero-order valence-electron chi connectivity index (χ0n) is 11.0. The largest absolute Gasteiger partial charge is 0.383 e. The van der Waals surface area contributed by atoms with Gasteiger partial charge in [-0.05, 0) is 22.4 Å². The summed E-state index contributed by atoms with van der Waals surface area (Å²) in [6.45, 7) is 5.40. The second-order valence-corrected chi connectivity index (χ2v) is 6.29. The molecule has 18 heavy (non-hydrogen) atoms. The molecule has 1 atom stereocenters. The number of carbonyl (C=O) groups is 1. The first-order valence-corrected chi connectivity index (χ1v) is 7.79. The maximum atomic E-state index is 12.2. The van der Waals surface area contributed by atoms with Crippen LogP contribution in [0, 0.1) is 0 Å². The van der Waals surface area contributed by atoms with E-state index in [9.17, 15) is 4.79 Å². The normalized spacial score (nSPS) is 12.7. The van der Waals surface area contributed by atoms with Crippen LogP contribution in [0.1, 0.15) is 30.8 Å². The fraction of sp³-hybridized carbons (Fsp3) is 0.667. The molecular formula is C12H19BrN2O2S. The number of aromatic nitrogens is 2. The molecule has 1 heterocycles. The Hall–Kier alpha value is -0.330. The molecule has 0 spiro atoms. The van der Waals surface area contributed by atoms with Crippen LogP contribution < -0.4 is 0 Å². The number of carbonyl (C=O) groups excluding carboxylic acids is 1. The summed E-state index contributed by atoms with van der Waals surface area (Å²) in [6, 6.07) is 0. The summed E-state index contributed by atoms with van der Waals surface area (Å²) in [6.07, 6.45) is 2.73. The Morgan fingerprint density at radius 3 is 3.00 bits per heavy atom. The van der Waals surface area contributed by atoms with E-state index in [4.69, 9.17) is 4.74 Å². The van der Waals surface area contributed by atoms with Crippen molar-refractivity contribution in [1.29, 1.82) is 0 Å². The lowest BCUT2D eigenvalue weighted by Crippen LogP contribution is -2.16. The lowest BCUT2D eigenvalue weighted by molar-refractivity contribution is 0.100. The van der Waals surface area contributed by atoms with E-state index in [0.717, 1.165) is 10.9 Å². The van der Waals surface area contributed by atoms with Gasteiger partial charge < -0.3 is 4.74 Å². The molecule has 0 aromatic carbocycles. The van der Waals surface area contributed by atoms with Gasteiger partial charge in [-0.1, -0.05) is 13.8 Å². The van der Waals surface area contributed by atoms with E-state index >= 15 is 0 Å². The summed E-state index contributed by atoms with van der Waals surface area (Å²) in [5.74, 6) is 0.604. The summed E-state index contributed by atoms with van der Waals surface area (Å²) >= 11 is 5.06. The van der Waals surface area contributed by atoms with E-state index in [1.54, 1.807) is 29.8 Å². The molecule has 0 saturated carbocycles. The van der Waals surface area contributed by atoms with Gasteiger partial charge >= 0.3 is 0 Å². The van der Waals surface area contributed by atoms with Crippen molar-refractivity contribution in [1.82, 2.24) is 9.78 Å². The highest BCUT2D eigenvalue weighted by molar-refractivity contribution is 9.10. The Balaban J connectivity index is 2.68. The molecule has 1 aromatic rings. The maximum Gasteiger partial charge on any atom is 0.191 e. The molecule has 4 nitrogen and oxygen atoms in total. The number of hydrogen-bond acceptors (Lipinski definition) is 4. The zero-order valence-corrected chi connectivity index (χ0v) is 13.4. The molecule has 6 heteroatoms. The monoisotopic (exact) mass is 334 g/mol. The molecule has 0 bridgehead atoms. The number of ketones is 1. The highest BCUT2D eigenvalue weighted by Crippen LogP contribution is 2.21. The van der Waals surface area contributed by atoms with Crippen LogP contribution >= 0.6 is 27.7 Å². The Morgan fingerprint density at radius 1 is 1.67 bits per heavy atom. The molecule has 0 radical (unpaired) electrons. The predicted molar refractivity (Wildman–Crippen MR) is 78.3 cm³/mol. The Bertz CT molecular complexity index is 395. The van der Waals surface area contributed by atoms with E-state index in [0.29, 0.717) is 29.8 Å². The van der Waals surface area contributed by atoms with Gasteiger partial charge in [-0.15, -0.1) is 0 Å². The Labute approximate surface area is 121 Å². The molecule has 0 N–H and O–H groups in total. The average Bonchev–Trinajstić information content (AvgIpc) is 2.74. The number of nitrogens with zero attached hydrogens (tertiary/aromatic N) is 2. The number of Topliss-reactive ketones (excluding diaryl/α,β-unsaturated/α-hetero) is 1. The van der Waals surface area contributed by atoms with Crippen molar-refractivity contribution in [3.63, 3.8) is 0 Å². The van der Waals surface area contributed by atoms with Gasteiger partial charge in [0.1, 0.15) is 5.69 Å². The van der Waals surface area contributed by atoms with Gasteiger partial charge in [0.05, 0.1) is 29.6 Å². The number of rotatable bonds is 8. The van der Waals surface area contributed by atoms with Gasteiger partial charge in [0, 0.05) is 12.4 Å². The molecular weight excluding hydrogens is 316 g/mol. The van der Waals surface area contributed by atoms with Crippen molar-refractivity contribution in [2.24, 2.45) is 0 Å². The molecule has 0 aliphatic heterocycles. The minimum absolute atomic E-state index is 0.112. The third-order valence-electron chi connectivity index (χ3n) is 2.64. The standard InChI is InChI=1S/C12H19BrN2O2S/c1-4-9(2)18-8-11(16)12-10(13)7-14-15(12)5-6-17-3/h7,9H,4-6,8H2,1-3H3. The van der Waals surface area contributed by atoms with Gasteiger partial charge in [-0.25, -0.2) is 0 Å². The third-order valence-corrected chi connectivity index (χ3v) is 4.55. The first-order chi connectivity index (χ1) is 8.60. The lowest BCUT2D eigenvalue weighted by atomic mass is 10.3. The second kappa shape index (κ2) is 7.96. The van der Waals surface area contributed by atoms with E-state index < -0.39 is 0 Å². The van der Waals surface area contributed by atoms with Gasteiger partial charge in [0.25, 0.3) is 0 Å². The molecule has 0 aliphatic rings. The van der Waals surface area contributed by atoms with Crippen molar-refractivity contribution in [2.45, 2.75) is 32.1 Å². The number of ether oxygens (including phenoxy) is 1. The summed E-state index contributed by atoms with van der Waals surface area (Å²) in [5, 5.41) is 4.68. The molecule has 1 rings (SSSR count). The van der Waals surface area contributed by atoms with Gasteiger partial charge in [0.2, 0.25) is 0 Å². The van der Waals surface area contributed by atoms with Crippen LogP contribution in [-0.4, -0.2) is 40.3 Å². The molecule has 1 aromatic heterocycles. The van der Waals surface area contributed by atoms with Gasteiger partial charge in [-0.3, -0.25) is 9.48 Å². The minimum Gasteiger partial charge on any atom is -0.383 e. The third kappa shape index (κ3) is 4.40. The molecule has 0 saturated heterocycles. The van der Waals surface area contributed by atoms with Crippen LogP contribution in [0.4, 0.5) is 0 Å². The summed E-state index contributed by atoms with van der Waals surface area (Å²) in [4.78, 5) is 12.2. The van der Waals surface area contributed by atoms with Gasteiger partial charge in [-0.2, -0.15) is 16.9 Å². The van der Waals surface area contributed by atoms with Crippen molar-refractivity contribution >= 4 is 33.5 Å². The van der Waals surface area contributed by atoms with E-state index in [1.165, 1.54) is 0 Å². The summed E-state index contributed by atoms with van der Waals surface area (Å²) < 4.78 is 7.47. The second-order valence-electron chi connectivity index (χ2n) is 4.01. The Morgan fingerprint density at radius 2 is 2.39 bits per heavy atom. The highest BCUT2D eigenvalue weighted by atomic mass is 79.9. The molecule has 0 amide bonds. The summed E-state index contributed by atoms with van der Waals surface area (Å²) in [5.41, 5.74) is 0.642. The van der Waals surface area contributed by atoms with Crippen LogP contribution in [0.2, 0.25) is 0 Å². The number of methoxy groups -OCH3 is 1. The predicted octanol–water partition coefficient (Wildman–Crippen LogP) is 3.01. The zero-order chi connectivity index (χ0) is 13.5. The topological polar surface area (TPSA) is 44.1 Å². The van der Waals surface area contributed by atoms with Crippen LogP contribution in [-0.2, 0) is 11.3 Å². The van der Waals surface area contributed by atoms with Crippen LogP contribution in [0.3, 0.4) is 0 Å². The minimum atomic E-state index is 0.112. The molecule has 0 fully saturated rings. The number of hydrogen-bond donors (Lipinski definition) is 0.